The van der Waals surface area contributed by atoms with Gasteiger partial charge < -0.3 is 10.0 Å². The lowest BCUT2D eigenvalue weighted by molar-refractivity contribution is -0.136. The summed E-state index contributed by atoms with van der Waals surface area (Å²) in [6.07, 6.45) is 6.42. The molecule has 0 aliphatic heterocycles. The van der Waals surface area contributed by atoms with Gasteiger partial charge >= 0.3 is 0 Å². The molecule has 0 saturated carbocycles. The lowest BCUT2D eigenvalue weighted by atomic mass is 10.0. The molecule has 0 aliphatic carbocycles. The van der Waals surface area contributed by atoms with Crippen molar-refractivity contribution in [3.05, 3.63) is 0 Å². The van der Waals surface area contributed by atoms with Crippen LogP contribution in [0.1, 0.15) is 66.2 Å². The molecule has 0 atom stereocenters. The van der Waals surface area contributed by atoms with Crippen LogP contribution in [-0.4, -0.2) is 34.6 Å². The van der Waals surface area contributed by atoms with Crippen LogP contribution in [0.25, 0.3) is 0 Å². The van der Waals surface area contributed by atoms with Gasteiger partial charge in [-0.25, -0.2) is 0 Å². The number of amides is 1. The van der Waals surface area contributed by atoms with E-state index in [1.165, 1.54) is 19.3 Å². The Labute approximate surface area is 106 Å². The summed E-state index contributed by atoms with van der Waals surface area (Å²) in [5, 5.41) is 9.00. The first-order valence-corrected chi connectivity index (χ1v) is 6.84. The van der Waals surface area contributed by atoms with Crippen LogP contribution in [0, 0.1) is 0 Å². The Morgan fingerprint density at radius 1 is 1.12 bits per heavy atom. The summed E-state index contributed by atoms with van der Waals surface area (Å²) in [7, 11) is 0. The van der Waals surface area contributed by atoms with Crippen molar-refractivity contribution in [2.24, 2.45) is 0 Å². The van der Waals surface area contributed by atoms with Gasteiger partial charge in [-0.2, -0.15) is 0 Å². The van der Waals surface area contributed by atoms with E-state index < -0.39 is 0 Å². The molecule has 0 unspecified atom stereocenters. The number of unbranched alkanes of at least 4 members (excludes halogenated alkanes) is 4. The fourth-order valence-electron chi connectivity index (χ4n) is 1.95. The van der Waals surface area contributed by atoms with Gasteiger partial charge in [0.15, 0.2) is 0 Å². The molecule has 1 amide bonds. The normalized spacial score (nSPS) is 11.6. The van der Waals surface area contributed by atoms with Gasteiger partial charge in [0, 0.05) is 18.5 Å². The number of rotatable bonds is 8. The lowest BCUT2D eigenvalue weighted by Crippen LogP contribution is -2.47. The highest BCUT2D eigenvalue weighted by Gasteiger charge is 2.24. The second-order valence-electron chi connectivity index (χ2n) is 5.60. The zero-order chi connectivity index (χ0) is 13.3. The van der Waals surface area contributed by atoms with Crippen LogP contribution in [0.2, 0.25) is 0 Å². The van der Waals surface area contributed by atoms with Crippen molar-refractivity contribution in [1.29, 1.82) is 0 Å². The molecule has 0 aliphatic rings. The second-order valence-corrected chi connectivity index (χ2v) is 5.60. The molecule has 3 heteroatoms. The van der Waals surface area contributed by atoms with Crippen LogP contribution in [0.15, 0.2) is 0 Å². The van der Waals surface area contributed by atoms with Gasteiger partial charge in [0.05, 0.1) is 6.61 Å². The first kappa shape index (κ1) is 16.4. The van der Waals surface area contributed by atoms with Crippen molar-refractivity contribution < 1.29 is 9.90 Å². The quantitative estimate of drug-likeness (QED) is 0.666. The molecule has 3 nitrogen and oxygen atoms in total. The van der Waals surface area contributed by atoms with Crippen molar-refractivity contribution in [3.63, 3.8) is 0 Å². The fraction of sp³-hybridized carbons (Fsp3) is 0.929. The summed E-state index contributed by atoms with van der Waals surface area (Å²) in [6, 6.07) is 0. The number of carbonyl (C=O) groups excluding carboxylic acids is 1. The Kier molecular flexibility index (Phi) is 8.23. The third-order valence-corrected chi connectivity index (χ3v) is 2.93. The van der Waals surface area contributed by atoms with Gasteiger partial charge in [-0.15, -0.1) is 0 Å². The standard InChI is InChI=1S/C14H29NO2/c1-5-6-7-8-9-10-13(17)15(11-12-16)14(2,3)4/h16H,5-12H2,1-4H3. The fourth-order valence-corrected chi connectivity index (χ4v) is 1.95. The predicted octanol–water partition coefficient (Wildman–Crippen LogP) is 2.97. The maximum absolute atomic E-state index is 12.0. The smallest absolute Gasteiger partial charge is 0.223 e. The van der Waals surface area contributed by atoms with Gasteiger partial charge in [-0.1, -0.05) is 32.6 Å². The molecule has 0 saturated heterocycles. The van der Waals surface area contributed by atoms with Crippen molar-refractivity contribution in [1.82, 2.24) is 4.90 Å². The molecular weight excluding hydrogens is 214 g/mol. The summed E-state index contributed by atoms with van der Waals surface area (Å²) < 4.78 is 0. The Balaban J connectivity index is 3.99. The number of carbonyl (C=O) groups is 1. The van der Waals surface area contributed by atoms with E-state index in [2.05, 4.69) is 6.92 Å². The third-order valence-electron chi connectivity index (χ3n) is 2.93. The topological polar surface area (TPSA) is 40.5 Å². The Morgan fingerprint density at radius 3 is 2.18 bits per heavy atom. The molecule has 0 aromatic heterocycles. The number of hydrogen-bond donors (Lipinski definition) is 1. The molecule has 1 N–H and O–H groups in total. The maximum Gasteiger partial charge on any atom is 0.223 e. The highest BCUT2D eigenvalue weighted by molar-refractivity contribution is 5.76. The number of aliphatic hydroxyl groups is 1. The first-order valence-electron chi connectivity index (χ1n) is 6.84. The van der Waals surface area contributed by atoms with Crippen LogP contribution in [0.3, 0.4) is 0 Å². The molecule has 102 valence electrons. The summed E-state index contributed by atoms with van der Waals surface area (Å²) in [6.45, 7) is 8.71. The molecule has 0 aromatic carbocycles. The lowest BCUT2D eigenvalue weighted by Gasteiger charge is -2.35. The number of hydrogen-bond acceptors (Lipinski definition) is 2. The molecule has 0 aromatic rings. The summed E-state index contributed by atoms with van der Waals surface area (Å²) in [4.78, 5) is 13.8. The Bertz CT molecular complexity index is 209. The van der Waals surface area contributed by atoms with E-state index >= 15 is 0 Å². The summed E-state index contributed by atoms with van der Waals surface area (Å²) in [5.74, 6) is 0.169. The van der Waals surface area contributed by atoms with Gasteiger partial charge in [0.2, 0.25) is 5.91 Å². The van der Waals surface area contributed by atoms with E-state index in [4.69, 9.17) is 5.11 Å². The van der Waals surface area contributed by atoms with Gasteiger partial charge in [-0.05, 0) is 27.2 Å². The highest BCUT2D eigenvalue weighted by Crippen LogP contribution is 2.16. The van der Waals surface area contributed by atoms with E-state index in [0.717, 1.165) is 12.8 Å². The average Bonchev–Trinajstić information content (AvgIpc) is 2.23. The van der Waals surface area contributed by atoms with Gasteiger partial charge in [0.1, 0.15) is 0 Å². The largest absolute Gasteiger partial charge is 0.395 e. The minimum Gasteiger partial charge on any atom is -0.395 e. The van der Waals surface area contributed by atoms with Gasteiger partial charge in [0.25, 0.3) is 0 Å². The zero-order valence-electron chi connectivity index (χ0n) is 12.0. The third kappa shape index (κ3) is 7.37. The molecule has 0 radical (unpaired) electrons. The Hall–Kier alpha value is -0.570. The molecular formula is C14H29NO2. The molecule has 0 bridgehead atoms. The number of nitrogens with zero attached hydrogens (tertiary/aromatic N) is 1. The van der Waals surface area contributed by atoms with Crippen LogP contribution >= 0.6 is 0 Å². The minimum absolute atomic E-state index is 0.0405. The summed E-state index contributed by atoms with van der Waals surface area (Å²) >= 11 is 0. The molecule has 17 heavy (non-hydrogen) atoms. The van der Waals surface area contributed by atoms with E-state index in [0.29, 0.717) is 13.0 Å². The van der Waals surface area contributed by atoms with E-state index in [9.17, 15) is 4.79 Å². The first-order chi connectivity index (χ1) is 7.93. The number of aliphatic hydroxyl groups excluding tert-OH is 1. The average molecular weight is 243 g/mol. The molecule has 0 spiro atoms. The second kappa shape index (κ2) is 8.51. The van der Waals surface area contributed by atoms with E-state index in [1.54, 1.807) is 4.90 Å². The zero-order valence-corrected chi connectivity index (χ0v) is 12.0. The van der Waals surface area contributed by atoms with Crippen LogP contribution < -0.4 is 0 Å². The SMILES string of the molecule is CCCCCCCC(=O)N(CCO)C(C)(C)C. The van der Waals surface area contributed by atoms with Crippen LogP contribution in [0.4, 0.5) is 0 Å². The Morgan fingerprint density at radius 2 is 1.71 bits per heavy atom. The highest BCUT2D eigenvalue weighted by atomic mass is 16.3. The van der Waals surface area contributed by atoms with Crippen LogP contribution in [-0.2, 0) is 4.79 Å². The van der Waals surface area contributed by atoms with Crippen molar-refractivity contribution in [2.75, 3.05) is 13.2 Å². The van der Waals surface area contributed by atoms with Gasteiger partial charge in [-0.3, -0.25) is 4.79 Å². The van der Waals surface area contributed by atoms with Crippen molar-refractivity contribution in [2.45, 2.75) is 71.8 Å². The molecule has 0 fully saturated rings. The predicted molar refractivity (Wildman–Crippen MR) is 71.9 cm³/mol. The van der Waals surface area contributed by atoms with E-state index in [-0.39, 0.29) is 18.1 Å². The van der Waals surface area contributed by atoms with Crippen molar-refractivity contribution >= 4 is 5.91 Å². The minimum atomic E-state index is -0.191. The molecule has 0 heterocycles. The monoisotopic (exact) mass is 243 g/mol. The molecule has 0 rings (SSSR count). The van der Waals surface area contributed by atoms with Crippen molar-refractivity contribution in [3.8, 4) is 0 Å². The van der Waals surface area contributed by atoms with Crippen LogP contribution in [0.5, 0.6) is 0 Å². The number of β-amino-alcohol motifs (C(OH)–C–C–N with tert-alkyl or cyclic N) is 1. The van der Waals surface area contributed by atoms with E-state index in [1.807, 2.05) is 20.8 Å². The maximum atomic E-state index is 12.0. The summed E-state index contributed by atoms with van der Waals surface area (Å²) in [5.41, 5.74) is -0.191.